The first-order valence-electron chi connectivity index (χ1n) is 10.3. The summed E-state index contributed by atoms with van der Waals surface area (Å²) in [7, 11) is 0. The molecule has 0 amide bonds. The van der Waals surface area contributed by atoms with E-state index in [9.17, 15) is 9.59 Å². The lowest BCUT2D eigenvalue weighted by Crippen LogP contribution is -2.23. The van der Waals surface area contributed by atoms with Gasteiger partial charge >= 0.3 is 5.97 Å². The third-order valence-electron chi connectivity index (χ3n) is 4.26. The molecule has 8 heteroatoms. The minimum absolute atomic E-state index is 0.0880. The zero-order valence-corrected chi connectivity index (χ0v) is 20.1. The minimum atomic E-state index is -0.477. The number of halogens is 2. The molecule has 0 aliphatic heterocycles. The number of anilines is 1. The zero-order chi connectivity index (χ0) is 23.7. The quantitative estimate of drug-likeness (QED) is 0.196. The van der Waals surface area contributed by atoms with Crippen molar-refractivity contribution in [2.45, 2.75) is 45.6 Å². The standard InChI is InChI=1S/C24H29Cl2NO5/c1-24(2,3)32-23(29)5-4-10-30-11-12-31-22-9-7-17(15-20(22)27)21(28)14-16-6-8-18(25)19(26)13-16/h6-9,13,15H,4-5,10-12,14,27H2,1-3H3. The Morgan fingerprint density at radius 2 is 1.72 bits per heavy atom. The lowest BCUT2D eigenvalue weighted by molar-refractivity contribution is -0.155. The largest absolute Gasteiger partial charge is 0.489 e. The lowest BCUT2D eigenvalue weighted by Gasteiger charge is -2.19. The molecule has 6 nitrogen and oxygen atoms in total. The normalized spacial score (nSPS) is 11.3. The van der Waals surface area contributed by atoms with E-state index in [1.165, 1.54) is 0 Å². The van der Waals surface area contributed by atoms with E-state index in [1.807, 2.05) is 20.8 Å². The Labute approximate surface area is 198 Å². The van der Waals surface area contributed by atoms with Gasteiger partial charge < -0.3 is 19.9 Å². The second-order valence-electron chi connectivity index (χ2n) is 8.25. The SMILES string of the molecule is CC(C)(C)OC(=O)CCCOCCOc1ccc(C(=O)Cc2ccc(Cl)c(Cl)c2)cc1N. The van der Waals surface area contributed by atoms with Crippen LogP contribution in [0.15, 0.2) is 36.4 Å². The first-order chi connectivity index (χ1) is 15.0. The number of carbonyl (C=O) groups is 2. The molecule has 0 saturated carbocycles. The van der Waals surface area contributed by atoms with Crippen molar-refractivity contribution < 1.29 is 23.8 Å². The Morgan fingerprint density at radius 1 is 0.969 bits per heavy atom. The highest BCUT2D eigenvalue weighted by Gasteiger charge is 2.15. The van der Waals surface area contributed by atoms with Crippen LogP contribution >= 0.6 is 23.2 Å². The monoisotopic (exact) mass is 481 g/mol. The summed E-state index contributed by atoms with van der Waals surface area (Å²) in [4.78, 5) is 24.2. The van der Waals surface area contributed by atoms with Gasteiger partial charge in [0.25, 0.3) is 0 Å². The van der Waals surface area contributed by atoms with Gasteiger partial charge in [0.2, 0.25) is 0 Å². The van der Waals surface area contributed by atoms with Gasteiger partial charge in [-0.25, -0.2) is 0 Å². The molecule has 0 aliphatic carbocycles. The van der Waals surface area contributed by atoms with Crippen molar-refractivity contribution in [2.24, 2.45) is 0 Å². The predicted molar refractivity (Wildman–Crippen MR) is 127 cm³/mol. The molecule has 0 aromatic heterocycles. The van der Waals surface area contributed by atoms with Crippen LogP contribution in [0.5, 0.6) is 5.75 Å². The van der Waals surface area contributed by atoms with Crippen LogP contribution in [0.2, 0.25) is 10.0 Å². The summed E-state index contributed by atoms with van der Waals surface area (Å²) in [5.41, 5.74) is 7.18. The van der Waals surface area contributed by atoms with Crippen LogP contribution in [-0.2, 0) is 20.7 Å². The Bertz CT molecular complexity index is 940. The van der Waals surface area contributed by atoms with E-state index in [0.717, 1.165) is 5.56 Å². The molecular formula is C24H29Cl2NO5. The second-order valence-corrected chi connectivity index (χ2v) is 9.07. The lowest BCUT2D eigenvalue weighted by atomic mass is 10.0. The highest BCUT2D eigenvalue weighted by Crippen LogP contribution is 2.25. The van der Waals surface area contributed by atoms with Gasteiger partial charge in [-0.15, -0.1) is 0 Å². The summed E-state index contributed by atoms with van der Waals surface area (Å²) in [6.07, 6.45) is 1.07. The maximum Gasteiger partial charge on any atom is 0.306 e. The molecule has 0 fully saturated rings. The van der Waals surface area contributed by atoms with Gasteiger partial charge in [0, 0.05) is 25.0 Å². The van der Waals surface area contributed by atoms with Gasteiger partial charge in [-0.3, -0.25) is 9.59 Å². The number of ketones is 1. The number of Topliss-reactive ketones (excluding diaryl/α,β-unsaturated/α-hetero) is 1. The van der Waals surface area contributed by atoms with E-state index < -0.39 is 5.60 Å². The number of carbonyl (C=O) groups excluding carboxylic acids is 2. The fourth-order valence-corrected chi connectivity index (χ4v) is 3.13. The first-order valence-corrected chi connectivity index (χ1v) is 11.1. The van der Waals surface area contributed by atoms with Crippen molar-refractivity contribution >= 4 is 40.6 Å². The molecule has 0 atom stereocenters. The average Bonchev–Trinajstić information content (AvgIpc) is 2.69. The fraction of sp³-hybridized carbons (Fsp3) is 0.417. The third-order valence-corrected chi connectivity index (χ3v) is 4.99. The highest BCUT2D eigenvalue weighted by atomic mass is 35.5. The van der Waals surface area contributed by atoms with Gasteiger partial charge in [-0.2, -0.15) is 0 Å². The summed E-state index contributed by atoms with van der Waals surface area (Å²) in [5, 5.41) is 0.855. The molecule has 2 rings (SSSR count). The number of hydrogen-bond donors (Lipinski definition) is 1. The van der Waals surface area contributed by atoms with Crippen LogP contribution in [0.3, 0.4) is 0 Å². The summed E-state index contributed by atoms with van der Waals surface area (Å²) in [6, 6.07) is 10.0. The molecule has 32 heavy (non-hydrogen) atoms. The van der Waals surface area contributed by atoms with Crippen molar-refractivity contribution in [3.05, 3.63) is 57.6 Å². The molecule has 0 spiro atoms. The maximum atomic E-state index is 12.5. The van der Waals surface area contributed by atoms with Gasteiger partial charge in [-0.1, -0.05) is 29.3 Å². The number of nitrogens with two attached hydrogens (primary N) is 1. The van der Waals surface area contributed by atoms with Crippen LogP contribution in [0.25, 0.3) is 0 Å². The summed E-state index contributed by atoms with van der Waals surface area (Å²) in [6.45, 7) is 6.59. The maximum absolute atomic E-state index is 12.5. The van der Waals surface area contributed by atoms with Crippen molar-refractivity contribution in [3.63, 3.8) is 0 Å². The zero-order valence-electron chi connectivity index (χ0n) is 18.6. The molecule has 0 unspecified atom stereocenters. The van der Waals surface area contributed by atoms with Crippen LogP contribution in [0, 0.1) is 0 Å². The summed E-state index contributed by atoms with van der Waals surface area (Å²) >= 11 is 11.9. The Morgan fingerprint density at radius 3 is 2.38 bits per heavy atom. The number of rotatable bonds is 11. The summed E-state index contributed by atoms with van der Waals surface area (Å²) < 4.78 is 16.3. The second kappa shape index (κ2) is 12.1. The van der Waals surface area contributed by atoms with Crippen molar-refractivity contribution in [2.75, 3.05) is 25.6 Å². The van der Waals surface area contributed by atoms with Crippen molar-refractivity contribution in [3.8, 4) is 5.75 Å². The van der Waals surface area contributed by atoms with E-state index in [-0.39, 0.29) is 18.2 Å². The highest BCUT2D eigenvalue weighted by molar-refractivity contribution is 6.42. The van der Waals surface area contributed by atoms with E-state index in [4.69, 9.17) is 43.1 Å². The van der Waals surface area contributed by atoms with Gasteiger partial charge in [0.15, 0.2) is 5.78 Å². The predicted octanol–water partition coefficient (Wildman–Crippen LogP) is 5.52. The smallest absolute Gasteiger partial charge is 0.306 e. The number of nitrogen functional groups attached to an aromatic ring is 1. The third kappa shape index (κ3) is 9.07. The topological polar surface area (TPSA) is 87.9 Å². The van der Waals surface area contributed by atoms with Crippen molar-refractivity contribution in [1.29, 1.82) is 0 Å². The van der Waals surface area contributed by atoms with Crippen molar-refractivity contribution in [1.82, 2.24) is 0 Å². The van der Waals surface area contributed by atoms with E-state index >= 15 is 0 Å². The Balaban J connectivity index is 1.72. The number of hydrogen-bond acceptors (Lipinski definition) is 6. The van der Waals surface area contributed by atoms with E-state index in [2.05, 4.69) is 0 Å². The van der Waals surface area contributed by atoms with Gasteiger partial charge in [-0.05, 0) is 63.1 Å². The minimum Gasteiger partial charge on any atom is -0.489 e. The number of esters is 1. The van der Waals surface area contributed by atoms with E-state index in [1.54, 1.807) is 36.4 Å². The van der Waals surface area contributed by atoms with Crippen LogP contribution < -0.4 is 10.5 Å². The number of ether oxygens (including phenoxy) is 3. The summed E-state index contributed by atoms with van der Waals surface area (Å²) in [5.74, 6) is 0.155. The molecule has 2 aromatic carbocycles. The molecule has 0 radical (unpaired) electrons. The van der Waals surface area contributed by atoms with Crippen LogP contribution in [0.1, 0.15) is 49.5 Å². The van der Waals surface area contributed by atoms with Gasteiger partial charge in [0.05, 0.1) is 22.3 Å². The Hall–Kier alpha value is -2.28. The molecule has 174 valence electrons. The number of benzene rings is 2. The van der Waals surface area contributed by atoms with Gasteiger partial charge in [0.1, 0.15) is 18.0 Å². The first kappa shape index (κ1) is 26.0. The molecule has 0 bridgehead atoms. The molecule has 0 saturated heterocycles. The van der Waals surface area contributed by atoms with Crippen LogP contribution in [0.4, 0.5) is 5.69 Å². The molecule has 2 N–H and O–H groups in total. The molecule has 0 aliphatic rings. The fourth-order valence-electron chi connectivity index (χ4n) is 2.81. The molecule has 2 aromatic rings. The molecular weight excluding hydrogens is 453 g/mol. The molecule has 0 heterocycles. The van der Waals surface area contributed by atoms with E-state index in [0.29, 0.717) is 59.7 Å². The van der Waals surface area contributed by atoms with Crippen LogP contribution in [-0.4, -0.2) is 37.2 Å². The Kier molecular flexibility index (Phi) is 9.82. The average molecular weight is 482 g/mol.